The fraction of sp³-hybridized carbons (Fsp3) is 0.100. The molecule has 7 nitrogen and oxygen atoms in total. The summed E-state index contributed by atoms with van der Waals surface area (Å²) in [4.78, 5) is 32.1. The van der Waals surface area contributed by atoms with Gasteiger partial charge in [0.25, 0.3) is 5.91 Å². The number of hydrogen-bond donors (Lipinski definition) is 2. The predicted molar refractivity (Wildman–Crippen MR) is 108 cm³/mol. The molecule has 3 aromatic rings. The van der Waals surface area contributed by atoms with Crippen LogP contribution in [0.1, 0.15) is 27.6 Å². The molecule has 0 atom stereocenters. The van der Waals surface area contributed by atoms with E-state index in [1.807, 2.05) is 0 Å². The van der Waals surface area contributed by atoms with Crippen molar-refractivity contribution in [2.24, 2.45) is 0 Å². The van der Waals surface area contributed by atoms with Crippen LogP contribution in [0.4, 0.5) is 17.3 Å². The first-order valence-corrected chi connectivity index (χ1v) is 8.69. The number of ketones is 1. The molecule has 2 aromatic carbocycles. The molecule has 0 bridgehead atoms. The van der Waals surface area contributed by atoms with Crippen LogP contribution in [0.25, 0.3) is 0 Å². The van der Waals surface area contributed by atoms with Gasteiger partial charge in [0.2, 0.25) is 5.95 Å². The zero-order chi connectivity index (χ0) is 20.1. The van der Waals surface area contributed by atoms with E-state index in [1.54, 1.807) is 49.6 Å². The number of aromatic nitrogens is 2. The highest BCUT2D eigenvalue weighted by molar-refractivity contribution is 6.31. The minimum atomic E-state index is -0.382. The lowest BCUT2D eigenvalue weighted by atomic mass is 10.1. The average molecular weight is 397 g/mol. The van der Waals surface area contributed by atoms with E-state index in [-0.39, 0.29) is 23.2 Å². The predicted octanol–water partition coefficient (Wildman–Crippen LogP) is 4.34. The molecule has 0 aliphatic heterocycles. The number of benzene rings is 2. The number of Topliss-reactive ketones (excluding diaryl/α,β-unsaturated/α-hetero) is 1. The molecule has 0 radical (unpaired) electrons. The van der Waals surface area contributed by atoms with E-state index in [0.29, 0.717) is 27.7 Å². The van der Waals surface area contributed by atoms with Crippen LogP contribution in [-0.4, -0.2) is 28.8 Å². The topological polar surface area (TPSA) is 93.2 Å². The number of anilines is 3. The van der Waals surface area contributed by atoms with E-state index < -0.39 is 0 Å². The van der Waals surface area contributed by atoms with Crippen LogP contribution in [0, 0.1) is 0 Å². The first-order valence-electron chi connectivity index (χ1n) is 8.31. The van der Waals surface area contributed by atoms with Crippen molar-refractivity contribution in [1.29, 1.82) is 0 Å². The summed E-state index contributed by atoms with van der Waals surface area (Å²) in [6.07, 6.45) is 2.80. The SMILES string of the molecule is COc1ccc(Cl)cc1Nc1ncc(C(=O)Nc2cccc(C(C)=O)c2)cn1. The summed E-state index contributed by atoms with van der Waals surface area (Å²) in [5.74, 6) is 0.412. The number of rotatable bonds is 6. The number of carbonyl (C=O) groups excluding carboxylic acids is 2. The molecule has 0 saturated carbocycles. The number of nitrogens with zero attached hydrogens (tertiary/aromatic N) is 2. The molecule has 0 aliphatic carbocycles. The highest BCUT2D eigenvalue weighted by Gasteiger charge is 2.10. The van der Waals surface area contributed by atoms with Gasteiger partial charge in [-0.2, -0.15) is 0 Å². The van der Waals surface area contributed by atoms with Crippen molar-refractivity contribution in [2.45, 2.75) is 6.92 Å². The van der Waals surface area contributed by atoms with E-state index in [1.165, 1.54) is 19.3 Å². The summed E-state index contributed by atoms with van der Waals surface area (Å²) >= 11 is 6.00. The van der Waals surface area contributed by atoms with E-state index in [9.17, 15) is 9.59 Å². The summed E-state index contributed by atoms with van der Waals surface area (Å²) in [5.41, 5.74) is 1.91. The van der Waals surface area contributed by atoms with Gasteiger partial charge < -0.3 is 15.4 Å². The zero-order valence-corrected chi connectivity index (χ0v) is 15.9. The Bertz CT molecular complexity index is 1020. The lowest BCUT2D eigenvalue weighted by molar-refractivity contribution is 0.101. The summed E-state index contributed by atoms with van der Waals surface area (Å²) in [7, 11) is 1.55. The van der Waals surface area contributed by atoms with E-state index in [4.69, 9.17) is 16.3 Å². The average Bonchev–Trinajstić information content (AvgIpc) is 2.69. The second-order valence-corrected chi connectivity index (χ2v) is 6.29. The van der Waals surface area contributed by atoms with Crippen LogP contribution >= 0.6 is 11.6 Å². The minimum Gasteiger partial charge on any atom is -0.495 e. The molecule has 3 rings (SSSR count). The summed E-state index contributed by atoms with van der Waals surface area (Å²) in [6, 6.07) is 11.8. The van der Waals surface area contributed by atoms with Gasteiger partial charge in [0, 0.05) is 28.7 Å². The van der Waals surface area contributed by atoms with Crippen molar-refractivity contribution >= 4 is 40.6 Å². The van der Waals surface area contributed by atoms with Gasteiger partial charge in [-0.05, 0) is 37.3 Å². The van der Waals surface area contributed by atoms with Crippen molar-refractivity contribution in [3.8, 4) is 5.75 Å². The quantitative estimate of drug-likeness (QED) is 0.602. The molecular formula is C20H17ClN4O3. The summed E-state index contributed by atoms with van der Waals surface area (Å²) in [5, 5.41) is 6.25. The van der Waals surface area contributed by atoms with Crippen molar-refractivity contribution < 1.29 is 14.3 Å². The summed E-state index contributed by atoms with van der Waals surface area (Å²) in [6.45, 7) is 1.47. The molecule has 28 heavy (non-hydrogen) atoms. The Morgan fingerprint density at radius 2 is 1.79 bits per heavy atom. The lowest BCUT2D eigenvalue weighted by Gasteiger charge is -2.10. The zero-order valence-electron chi connectivity index (χ0n) is 15.2. The van der Waals surface area contributed by atoms with Crippen molar-refractivity contribution in [3.05, 3.63) is 71.0 Å². The smallest absolute Gasteiger partial charge is 0.258 e. The van der Waals surface area contributed by atoms with Crippen LogP contribution < -0.4 is 15.4 Å². The normalized spacial score (nSPS) is 10.2. The molecule has 0 aliphatic rings. The maximum atomic E-state index is 12.4. The summed E-state index contributed by atoms with van der Waals surface area (Å²) < 4.78 is 5.26. The third-order valence-corrected chi connectivity index (χ3v) is 4.08. The number of hydrogen-bond acceptors (Lipinski definition) is 6. The molecule has 142 valence electrons. The number of carbonyl (C=O) groups is 2. The van der Waals surface area contributed by atoms with E-state index in [0.717, 1.165) is 0 Å². The number of methoxy groups -OCH3 is 1. The molecule has 2 N–H and O–H groups in total. The molecule has 1 aromatic heterocycles. The van der Waals surface area contributed by atoms with Crippen LogP contribution in [0.5, 0.6) is 5.75 Å². The Hall–Kier alpha value is -3.45. The van der Waals surface area contributed by atoms with Crippen LogP contribution in [0.2, 0.25) is 5.02 Å². The maximum absolute atomic E-state index is 12.4. The maximum Gasteiger partial charge on any atom is 0.258 e. The third kappa shape index (κ3) is 4.63. The van der Waals surface area contributed by atoms with Crippen molar-refractivity contribution in [3.63, 3.8) is 0 Å². The molecule has 1 amide bonds. The fourth-order valence-electron chi connectivity index (χ4n) is 2.43. The monoisotopic (exact) mass is 396 g/mol. The largest absolute Gasteiger partial charge is 0.495 e. The minimum absolute atomic E-state index is 0.0775. The Kier molecular flexibility index (Phi) is 5.86. The first-order chi connectivity index (χ1) is 13.5. The van der Waals surface area contributed by atoms with E-state index >= 15 is 0 Å². The molecule has 8 heteroatoms. The standard InChI is InChI=1S/C20H17ClN4O3/c1-12(26)13-4-3-5-16(8-13)24-19(27)14-10-22-20(23-11-14)25-17-9-15(21)6-7-18(17)28-2/h3-11H,1-2H3,(H,24,27)(H,22,23,25). The van der Waals surface area contributed by atoms with Gasteiger partial charge in [0.1, 0.15) is 5.75 Å². The van der Waals surface area contributed by atoms with Gasteiger partial charge in [0.15, 0.2) is 5.78 Å². The van der Waals surface area contributed by atoms with Crippen LogP contribution in [-0.2, 0) is 0 Å². The van der Waals surface area contributed by atoms with Gasteiger partial charge in [-0.15, -0.1) is 0 Å². The highest BCUT2D eigenvalue weighted by Crippen LogP contribution is 2.29. The highest BCUT2D eigenvalue weighted by atomic mass is 35.5. The molecule has 0 unspecified atom stereocenters. The molecule has 0 saturated heterocycles. The van der Waals surface area contributed by atoms with Gasteiger partial charge in [-0.1, -0.05) is 23.7 Å². The number of halogens is 1. The van der Waals surface area contributed by atoms with Crippen molar-refractivity contribution in [2.75, 3.05) is 17.7 Å². The van der Waals surface area contributed by atoms with Gasteiger partial charge in [0.05, 0.1) is 18.4 Å². The lowest BCUT2D eigenvalue weighted by Crippen LogP contribution is -2.13. The van der Waals surface area contributed by atoms with Gasteiger partial charge in [-0.25, -0.2) is 9.97 Å². The van der Waals surface area contributed by atoms with Crippen LogP contribution in [0.3, 0.4) is 0 Å². The Morgan fingerprint density at radius 1 is 1.04 bits per heavy atom. The fourth-order valence-corrected chi connectivity index (χ4v) is 2.60. The Morgan fingerprint density at radius 3 is 2.46 bits per heavy atom. The number of amides is 1. The second kappa shape index (κ2) is 8.49. The molecule has 0 spiro atoms. The molecule has 0 fully saturated rings. The Labute approximate surface area is 166 Å². The van der Waals surface area contributed by atoms with E-state index in [2.05, 4.69) is 20.6 Å². The molecule has 1 heterocycles. The van der Waals surface area contributed by atoms with Gasteiger partial charge >= 0.3 is 0 Å². The Balaban J connectivity index is 1.72. The van der Waals surface area contributed by atoms with Crippen molar-refractivity contribution in [1.82, 2.24) is 9.97 Å². The van der Waals surface area contributed by atoms with Crippen LogP contribution in [0.15, 0.2) is 54.9 Å². The van der Waals surface area contributed by atoms with Gasteiger partial charge in [-0.3, -0.25) is 9.59 Å². The second-order valence-electron chi connectivity index (χ2n) is 5.86. The number of nitrogens with one attached hydrogen (secondary N) is 2. The first kappa shape index (κ1) is 19.3. The number of ether oxygens (including phenoxy) is 1. The third-order valence-electron chi connectivity index (χ3n) is 3.85. The molecular weight excluding hydrogens is 380 g/mol.